The SMILES string of the molecule is CN(C)[C@H]1CC[C@H](Oc2nc(Nc3cn[nH]c3)nc3sc4c(c23)CC(C)(C)OC4)CC1. The van der Waals surface area contributed by atoms with E-state index < -0.39 is 0 Å². The van der Waals surface area contributed by atoms with Gasteiger partial charge >= 0.3 is 0 Å². The minimum absolute atomic E-state index is 0.180. The maximum absolute atomic E-state index is 6.58. The van der Waals surface area contributed by atoms with E-state index in [2.05, 4.69) is 48.4 Å². The number of ether oxygens (including phenoxy) is 2. The van der Waals surface area contributed by atoms with Gasteiger partial charge in [-0.25, -0.2) is 4.98 Å². The maximum Gasteiger partial charge on any atom is 0.232 e. The Morgan fingerprint density at radius 2 is 2.03 bits per heavy atom. The van der Waals surface area contributed by atoms with Gasteiger partial charge in [-0.05, 0) is 59.2 Å². The van der Waals surface area contributed by atoms with Gasteiger partial charge in [-0.3, -0.25) is 5.10 Å². The smallest absolute Gasteiger partial charge is 0.232 e. The molecule has 166 valence electrons. The number of nitrogens with one attached hydrogen (secondary N) is 2. The summed E-state index contributed by atoms with van der Waals surface area (Å²) in [5, 5.41) is 11.1. The Morgan fingerprint density at radius 3 is 2.74 bits per heavy atom. The summed E-state index contributed by atoms with van der Waals surface area (Å²) in [4.78, 5) is 14.1. The van der Waals surface area contributed by atoms with Gasteiger partial charge in [-0.2, -0.15) is 10.1 Å². The molecule has 31 heavy (non-hydrogen) atoms. The molecule has 0 saturated heterocycles. The van der Waals surface area contributed by atoms with Crippen LogP contribution in [0.15, 0.2) is 12.4 Å². The van der Waals surface area contributed by atoms with Crippen LogP contribution in [0.3, 0.4) is 0 Å². The van der Waals surface area contributed by atoms with Gasteiger partial charge in [0.05, 0.1) is 29.5 Å². The Balaban J connectivity index is 1.50. The minimum atomic E-state index is -0.199. The number of aromatic nitrogens is 4. The molecule has 1 aliphatic heterocycles. The highest BCUT2D eigenvalue weighted by molar-refractivity contribution is 7.18. The zero-order valence-corrected chi connectivity index (χ0v) is 19.4. The van der Waals surface area contributed by atoms with E-state index in [9.17, 15) is 0 Å². The normalized spacial score (nSPS) is 23.1. The van der Waals surface area contributed by atoms with Gasteiger partial charge in [0.25, 0.3) is 0 Å². The molecule has 3 aromatic rings. The topological polar surface area (TPSA) is 88.2 Å². The second-order valence-corrected chi connectivity index (χ2v) is 10.5. The molecule has 0 spiro atoms. The van der Waals surface area contributed by atoms with Gasteiger partial charge in [-0.1, -0.05) is 0 Å². The third-order valence-electron chi connectivity index (χ3n) is 6.30. The highest BCUT2D eigenvalue weighted by Gasteiger charge is 2.32. The molecule has 0 radical (unpaired) electrons. The molecule has 0 unspecified atom stereocenters. The standard InChI is InChI=1S/C22H30N6O2S/c1-22(2)9-16-17(12-29-22)31-20-18(16)19(26-21(27-20)25-13-10-23-24-11-13)30-15-7-5-14(6-8-15)28(3)4/h10-11,14-15H,5-9,12H2,1-4H3,(H,23,24)(H,25,26,27)/t14-,15-. The molecule has 2 N–H and O–H groups in total. The van der Waals surface area contributed by atoms with Crippen LogP contribution in [-0.4, -0.2) is 56.9 Å². The van der Waals surface area contributed by atoms with Crippen LogP contribution in [-0.2, 0) is 17.8 Å². The second kappa shape index (κ2) is 8.03. The molecule has 9 heteroatoms. The Kier molecular flexibility index (Phi) is 5.35. The van der Waals surface area contributed by atoms with Crippen molar-refractivity contribution in [1.82, 2.24) is 25.1 Å². The van der Waals surface area contributed by atoms with Crippen LogP contribution in [0, 0.1) is 0 Å². The zero-order chi connectivity index (χ0) is 21.6. The summed E-state index contributed by atoms with van der Waals surface area (Å²) in [7, 11) is 4.32. The number of hydrogen-bond acceptors (Lipinski definition) is 8. The van der Waals surface area contributed by atoms with E-state index in [1.54, 1.807) is 23.7 Å². The fourth-order valence-electron chi connectivity index (χ4n) is 4.54. The van der Waals surface area contributed by atoms with Crippen molar-refractivity contribution in [1.29, 1.82) is 0 Å². The van der Waals surface area contributed by atoms with Crippen molar-refractivity contribution in [2.24, 2.45) is 0 Å². The van der Waals surface area contributed by atoms with Crippen LogP contribution in [0.25, 0.3) is 10.2 Å². The molecule has 0 amide bonds. The molecule has 0 aromatic carbocycles. The van der Waals surface area contributed by atoms with Gasteiger partial charge in [0.15, 0.2) is 0 Å². The quantitative estimate of drug-likeness (QED) is 0.610. The lowest BCUT2D eigenvalue weighted by Crippen LogP contribution is -2.35. The van der Waals surface area contributed by atoms with Gasteiger partial charge < -0.3 is 19.7 Å². The fourth-order valence-corrected chi connectivity index (χ4v) is 5.63. The first-order chi connectivity index (χ1) is 14.9. The first-order valence-electron chi connectivity index (χ1n) is 10.9. The Hall–Kier alpha value is -2.23. The van der Waals surface area contributed by atoms with Crippen molar-refractivity contribution in [3.05, 3.63) is 22.8 Å². The highest BCUT2D eigenvalue weighted by Crippen LogP contribution is 2.43. The zero-order valence-electron chi connectivity index (χ0n) is 18.6. The third kappa shape index (κ3) is 4.26. The molecule has 0 atom stereocenters. The van der Waals surface area contributed by atoms with Crippen molar-refractivity contribution >= 4 is 33.2 Å². The lowest BCUT2D eigenvalue weighted by molar-refractivity contribution is -0.0379. The maximum atomic E-state index is 6.58. The van der Waals surface area contributed by atoms with E-state index in [0.29, 0.717) is 24.5 Å². The number of hydrogen-bond donors (Lipinski definition) is 2. The van der Waals surface area contributed by atoms with E-state index in [-0.39, 0.29) is 11.7 Å². The second-order valence-electron chi connectivity index (χ2n) is 9.39. The molecule has 1 fully saturated rings. The number of nitrogens with zero attached hydrogens (tertiary/aromatic N) is 4. The van der Waals surface area contributed by atoms with Crippen LogP contribution in [0.1, 0.15) is 50.0 Å². The number of aromatic amines is 1. The summed E-state index contributed by atoms with van der Waals surface area (Å²) >= 11 is 1.68. The van der Waals surface area contributed by atoms with Gasteiger partial charge in [0.2, 0.25) is 11.8 Å². The van der Waals surface area contributed by atoms with E-state index in [1.165, 1.54) is 10.4 Å². The molecular formula is C22H30N6O2S. The number of thiophene rings is 1. The number of rotatable bonds is 5. The van der Waals surface area contributed by atoms with E-state index in [0.717, 1.165) is 48.0 Å². The lowest BCUT2D eigenvalue weighted by Gasteiger charge is -2.33. The van der Waals surface area contributed by atoms with E-state index >= 15 is 0 Å². The van der Waals surface area contributed by atoms with Crippen LogP contribution in [0.2, 0.25) is 0 Å². The Morgan fingerprint density at radius 1 is 1.23 bits per heavy atom. The monoisotopic (exact) mass is 442 g/mol. The molecular weight excluding hydrogens is 412 g/mol. The summed E-state index contributed by atoms with van der Waals surface area (Å²) < 4.78 is 12.6. The van der Waals surface area contributed by atoms with E-state index in [1.807, 2.05) is 0 Å². The van der Waals surface area contributed by atoms with Crippen LogP contribution in [0.5, 0.6) is 5.88 Å². The molecule has 1 saturated carbocycles. The lowest BCUT2D eigenvalue weighted by atomic mass is 9.92. The average molecular weight is 443 g/mol. The largest absolute Gasteiger partial charge is 0.474 e. The summed E-state index contributed by atoms with van der Waals surface area (Å²) in [6.45, 7) is 4.89. The van der Waals surface area contributed by atoms with Crippen LogP contribution >= 0.6 is 11.3 Å². The first kappa shape index (κ1) is 20.7. The van der Waals surface area contributed by atoms with Crippen molar-refractivity contribution in [3.8, 4) is 5.88 Å². The molecule has 4 heterocycles. The van der Waals surface area contributed by atoms with Gasteiger partial charge in [-0.15, -0.1) is 11.3 Å². The predicted molar refractivity (Wildman–Crippen MR) is 122 cm³/mol. The highest BCUT2D eigenvalue weighted by atomic mass is 32.1. The van der Waals surface area contributed by atoms with Crippen LogP contribution < -0.4 is 10.1 Å². The molecule has 0 bridgehead atoms. The first-order valence-corrected chi connectivity index (χ1v) is 11.7. The minimum Gasteiger partial charge on any atom is -0.474 e. The summed E-state index contributed by atoms with van der Waals surface area (Å²) in [5.74, 6) is 1.23. The number of anilines is 2. The van der Waals surface area contributed by atoms with Crippen LogP contribution in [0.4, 0.5) is 11.6 Å². The fraction of sp³-hybridized carbons (Fsp3) is 0.591. The Bertz CT molecular complexity index is 1050. The van der Waals surface area contributed by atoms with Gasteiger partial charge in [0, 0.05) is 23.5 Å². The molecule has 8 nitrogen and oxygen atoms in total. The molecule has 2 aliphatic rings. The summed E-state index contributed by atoms with van der Waals surface area (Å²) in [6.07, 6.45) is 8.89. The molecule has 3 aromatic heterocycles. The predicted octanol–water partition coefficient (Wildman–Crippen LogP) is 4.26. The average Bonchev–Trinajstić information content (AvgIpc) is 3.35. The van der Waals surface area contributed by atoms with Crippen molar-refractivity contribution in [3.63, 3.8) is 0 Å². The molecule has 1 aliphatic carbocycles. The summed E-state index contributed by atoms with van der Waals surface area (Å²) in [6, 6.07) is 0.635. The third-order valence-corrected chi connectivity index (χ3v) is 7.40. The van der Waals surface area contributed by atoms with Crippen molar-refractivity contribution in [2.75, 3.05) is 19.4 Å². The van der Waals surface area contributed by atoms with Crippen molar-refractivity contribution in [2.45, 2.75) is 70.3 Å². The Labute approximate surface area is 186 Å². The summed E-state index contributed by atoms with van der Waals surface area (Å²) in [5.41, 5.74) is 1.90. The van der Waals surface area contributed by atoms with Crippen molar-refractivity contribution < 1.29 is 9.47 Å². The van der Waals surface area contributed by atoms with E-state index in [4.69, 9.17) is 19.4 Å². The molecule has 5 rings (SSSR count). The number of fused-ring (bicyclic) bond motifs is 3. The van der Waals surface area contributed by atoms with Gasteiger partial charge in [0.1, 0.15) is 10.9 Å². The number of H-pyrrole nitrogens is 1.